The molecule has 0 saturated heterocycles. The molecule has 5 saturated carbocycles. The predicted octanol–water partition coefficient (Wildman–Crippen LogP) is 4.12. The van der Waals surface area contributed by atoms with Gasteiger partial charge in [-0.3, -0.25) is 4.79 Å². The molecule has 2 N–H and O–H groups in total. The van der Waals surface area contributed by atoms with Crippen LogP contribution in [-0.4, -0.2) is 40.5 Å². The Hall–Kier alpha value is -1.30. The van der Waals surface area contributed by atoms with Crippen LogP contribution in [0.2, 0.25) is 0 Å². The molecule has 6 heteroatoms. The minimum Gasteiger partial charge on any atom is -0.450 e. The van der Waals surface area contributed by atoms with Gasteiger partial charge >= 0.3 is 6.16 Å². The van der Waals surface area contributed by atoms with Crippen molar-refractivity contribution >= 4 is 12.1 Å². The average molecular weight is 394 g/mol. The molecule has 28 heavy (non-hydrogen) atoms. The van der Waals surface area contributed by atoms with Crippen molar-refractivity contribution in [2.45, 2.75) is 102 Å². The van der Waals surface area contributed by atoms with Crippen LogP contribution in [0.3, 0.4) is 0 Å². The van der Waals surface area contributed by atoms with E-state index in [4.69, 9.17) is 14.6 Å². The minimum atomic E-state index is -1.17. The van der Waals surface area contributed by atoms with E-state index in [-0.39, 0.29) is 18.1 Å². The highest BCUT2D eigenvalue weighted by Crippen LogP contribution is 2.57. The van der Waals surface area contributed by atoms with Gasteiger partial charge in [-0.25, -0.2) is 4.79 Å². The van der Waals surface area contributed by atoms with Crippen LogP contribution >= 0.6 is 0 Å². The first-order valence-electron chi connectivity index (χ1n) is 11.1. The molecule has 4 bridgehead atoms. The maximum absolute atomic E-state index is 13.1. The van der Waals surface area contributed by atoms with Crippen LogP contribution in [-0.2, 0) is 14.3 Å². The third-order valence-corrected chi connectivity index (χ3v) is 7.84. The van der Waals surface area contributed by atoms with Gasteiger partial charge in [-0.1, -0.05) is 19.8 Å². The number of amides is 1. The molecule has 0 aromatic heterocycles. The molecule has 6 nitrogen and oxygen atoms in total. The van der Waals surface area contributed by atoms with Crippen molar-refractivity contribution in [3.63, 3.8) is 0 Å². The summed E-state index contributed by atoms with van der Waals surface area (Å²) in [7, 11) is 0. The van der Waals surface area contributed by atoms with E-state index in [0.29, 0.717) is 23.7 Å². The lowest BCUT2D eigenvalue weighted by Crippen LogP contribution is -2.64. The Morgan fingerprint density at radius 2 is 1.71 bits per heavy atom. The summed E-state index contributed by atoms with van der Waals surface area (Å²) in [4.78, 5) is 24.3. The summed E-state index contributed by atoms with van der Waals surface area (Å²) in [6, 6.07) is 0.112. The van der Waals surface area contributed by atoms with Crippen LogP contribution in [0.15, 0.2) is 0 Å². The topological polar surface area (TPSA) is 84.9 Å². The van der Waals surface area contributed by atoms with E-state index in [1.165, 1.54) is 19.3 Å². The summed E-state index contributed by atoms with van der Waals surface area (Å²) in [5.41, 5.74) is -1.37. The van der Waals surface area contributed by atoms with Gasteiger partial charge in [0.1, 0.15) is 11.2 Å². The molecule has 0 spiro atoms. The second kappa shape index (κ2) is 7.19. The number of hydrogen-bond donors (Lipinski definition) is 2. The van der Waals surface area contributed by atoms with Gasteiger partial charge in [-0.2, -0.15) is 0 Å². The number of hydrogen-bond acceptors (Lipinski definition) is 4. The first-order chi connectivity index (χ1) is 13.2. The molecule has 0 aliphatic heterocycles. The minimum absolute atomic E-state index is 0.0315. The third-order valence-electron chi connectivity index (χ3n) is 7.84. The summed E-state index contributed by atoms with van der Waals surface area (Å²) >= 11 is 0. The zero-order valence-corrected chi connectivity index (χ0v) is 17.4. The van der Waals surface area contributed by atoms with Gasteiger partial charge < -0.3 is 19.9 Å². The molecule has 0 radical (unpaired) electrons. The number of rotatable bonds is 5. The molecule has 0 aromatic carbocycles. The second-order valence-electron chi connectivity index (χ2n) is 10.4. The van der Waals surface area contributed by atoms with Gasteiger partial charge in [0.25, 0.3) is 5.91 Å². The summed E-state index contributed by atoms with van der Waals surface area (Å²) in [6.07, 6.45) is 8.05. The lowest BCUT2D eigenvalue weighted by atomic mass is 9.52. The SMILES string of the molecule is C[C@H]1CCCC[C@@H]1OC(C)(C)C(=O)NC1C2CC3CC1CC(OC(=O)O)(C3)C2. The number of carbonyl (C=O) groups excluding carboxylic acids is 1. The molecule has 4 atom stereocenters. The van der Waals surface area contributed by atoms with Crippen LogP contribution in [0.1, 0.15) is 78.6 Å². The Bertz CT molecular complexity index is 616. The lowest BCUT2D eigenvalue weighted by molar-refractivity contribution is -0.168. The second-order valence-corrected chi connectivity index (χ2v) is 10.4. The van der Waals surface area contributed by atoms with Crippen LogP contribution in [0, 0.1) is 23.7 Å². The monoisotopic (exact) mass is 393 g/mol. The van der Waals surface area contributed by atoms with Crippen LogP contribution in [0.5, 0.6) is 0 Å². The maximum Gasteiger partial charge on any atom is 0.506 e. The average Bonchev–Trinajstić information content (AvgIpc) is 2.58. The van der Waals surface area contributed by atoms with E-state index in [1.54, 1.807) is 0 Å². The summed E-state index contributed by atoms with van der Waals surface area (Å²) in [5.74, 6) is 1.60. The summed E-state index contributed by atoms with van der Waals surface area (Å²) in [5, 5.41) is 12.5. The van der Waals surface area contributed by atoms with Gasteiger partial charge in [0, 0.05) is 6.04 Å². The van der Waals surface area contributed by atoms with Gasteiger partial charge in [0.05, 0.1) is 6.10 Å². The lowest BCUT2D eigenvalue weighted by Gasteiger charge is -2.59. The Morgan fingerprint density at radius 1 is 1.07 bits per heavy atom. The van der Waals surface area contributed by atoms with Crippen molar-refractivity contribution < 1.29 is 24.2 Å². The number of carbonyl (C=O) groups is 2. The molecule has 5 aliphatic carbocycles. The predicted molar refractivity (Wildman–Crippen MR) is 104 cm³/mol. The van der Waals surface area contributed by atoms with Gasteiger partial charge in [-0.05, 0) is 82.5 Å². The van der Waals surface area contributed by atoms with Crippen molar-refractivity contribution in [2.75, 3.05) is 0 Å². The molecule has 0 aromatic rings. The van der Waals surface area contributed by atoms with Crippen molar-refractivity contribution in [2.24, 2.45) is 23.7 Å². The fraction of sp³-hybridized carbons (Fsp3) is 0.909. The van der Waals surface area contributed by atoms with E-state index in [0.717, 1.165) is 38.5 Å². The number of ether oxygens (including phenoxy) is 2. The maximum atomic E-state index is 13.1. The van der Waals surface area contributed by atoms with Gasteiger partial charge in [0.15, 0.2) is 0 Å². The summed E-state index contributed by atoms with van der Waals surface area (Å²) < 4.78 is 11.7. The van der Waals surface area contributed by atoms with E-state index in [2.05, 4.69) is 12.2 Å². The molecule has 5 aliphatic rings. The standard InChI is InChI=1S/C22H35NO5/c1-13-6-4-5-7-17(13)27-21(2,3)19(24)23-18-15-8-14-9-16(18)12-22(10-14,11-15)28-20(25)26/h13-18H,4-12H2,1-3H3,(H,23,24)(H,25,26)/t13-,14?,15?,16?,17-,18?,22?/m0/s1. The zero-order valence-electron chi connectivity index (χ0n) is 17.4. The number of nitrogens with one attached hydrogen (secondary N) is 1. The molecule has 5 fully saturated rings. The third kappa shape index (κ3) is 3.77. The Morgan fingerprint density at radius 3 is 2.32 bits per heavy atom. The molecular weight excluding hydrogens is 358 g/mol. The summed E-state index contributed by atoms with van der Waals surface area (Å²) in [6.45, 7) is 5.99. The number of carboxylic acid groups (broad SMARTS) is 1. The molecule has 158 valence electrons. The Balaban J connectivity index is 1.40. The van der Waals surface area contributed by atoms with Crippen LogP contribution in [0.4, 0.5) is 4.79 Å². The van der Waals surface area contributed by atoms with Crippen molar-refractivity contribution in [3.05, 3.63) is 0 Å². The largest absolute Gasteiger partial charge is 0.506 e. The van der Waals surface area contributed by atoms with E-state index >= 15 is 0 Å². The normalized spacial score (nSPS) is 42.2. The molecule has 5 rings (SSSR count). The van der Waals surface area contributed by atoms with Gasteiger partial charge in [0.2, 0.25) is 0 Å². The van der Waals surface area contributed by atoms with E-state index in [9.17, 15) is 9.59 Å². The highest BCUT2D eigenvalue weighted by Gasteiger charge is 2.58. The highest BCUT2D eigenvalue weighted by atomic mass is 16.7. The fourth-order valence-corrected chi connectivity index (χ4v) is 6.71. The molecule has 1 amide bonds. The first kappa shape index (κ1) is 20.0. The fourth-order valence-electron chi connectivity index (χ4n) is 6.71. The Kier molecular flexibility index (Phi) is 5.13. The van der Waals surface area contributed by atoms with Crippen molar-refractivity contribution in [1.82, 2.24) is 5.32 Å². The molecule has 2 unspecified atom stereocenters. The van der Waals surface area contributed by atoms with Gasteiger partial charge in [-0.15, -0.1) is 0 Å². The van der Waals surface area contributed by atoms with Crippen LogP contribution < -0.4 is 5.32 Å². The smallest absolute Gasteiger partial charge is 0.450 e. The first-order valence-corrected chi connectivity index (χ1v) is 11.1. The van der Waals surface area contributed by atoms with Crippen molar-refractivity contribution in [1.29, 1.82) is 0 Å². The highest BCUT2D eigenvalue weighted by molar-refractivity contribution is 5.84. The van der Waals surface area contributed by atoms with E-state index < -0.39 is 17.4 Å². The molecular formula is C22H35NO5. The quantitative estimate of drug-likeness (QED) is 0.687. The molecule has 0 heterocycles. The van der Waals surface area contributed by atoms with Crippen molar-refractivity contribution in [3.8, 4) is 0 Å². The van der Waals surface area contributed by atoms with Crippen LogP contribution in [0.25, 0.3) is 0 Å². The van der Waals surface area contributed by atoms with E-state index in [1.807, 2.05) is 13.8 Å². The Labute approximate surface area is 167 Å². The zero-order chi connectivity index (χ0) is 20.1.